The molecule has 2 rings (SSSR count). The summed E-state index contributed by atoms with van der Waals surface area (Å²) in [4.78, 5) is 4.54. The molecule has 0 saturated carbocycles. The lowest BCUT2D eigenvalue weighted by atomic mass is 10.2. The number of phenols is 1. The summed E-state index contributed by atoms with van der Waals surface area (Å²) in [5, 5.41) is 15.8. The summed E-state index contributed by atoms with van der Waals surface area (Å²) in [6.07, 6.45) is 4.09. The second-order valence-electron chi connectivity index (χ2n) is 4.71. The van der Waals surface area contributed by atoms with Crippen molar-refractivity contribution in [2.75, 3.05) is 13.1 Å². The summed E-state index contributed by atoms with van der Waals surface area (Å²) < 4.78 is 2.12. The van der Waals surface area contributed by atoms with Gasteiger partial charge in [0.1, 0.15) is 5.75 Å². The lowest BCUT2D eigenvalue weighted by molar-refractivity contribution is 0.475. The van der Waals surface area contributed by atoms with Gasteiger partial charge in [0.15, 0.2) is 5.96 Å². The third-order valence-corrected chi connectivity index (χ3v) is 3.03. The highest BCUT2D eigenvalue weighted by Crippen LogP contribution is 2.10. The highest BCUT2D eigenvalue weighted by molar-refractivity contribution is 5.79. The molecule has 1 heterocycles. The van der Waals surface area contributed by atoms with Crippen LogP contribution in [0.3, 0.4) is 0 Å². The van der Waals surface area contributed by atoms with Crippen LogP contribution < -0.4 is 10.6 Å². The van der Waals surface area contributed by atoms with E-state index in [4.69, 9.17) is 0 Å². The van der Waals surface area contributed by atoms with Crippen LogP contribution in [0.5, 0.6) is 5.75 Å². The normalized spacial score (nSPS) is 11.4. The van der Waals surface area contributed by atoms with Gasteiger partial charge in [-0.15, -0.1) is 0 Å². The predicted molar refractivity (Wildman–Crippen MR) is 85.4 cm³/mol. The minimum Gasteiger partial charge on any atom is -0.508 e. The number of rotatable bonds is 6. The molecule has 0 spiro atoms. The standard InChI is InChI=1S/C16H22N4O/c1-2-17-16(18-9-12-20-10-3-4-11-20)19-13-14-5-7-15(21)8-6-14/h3-8,10-11,21H,2,9,12-13H2,1H3,(H2,17,18,19). The molecule has 21 heavy (non-hydrogen) atoms. The Morgan fingerprint density at radius 1 is 1.14 bits per heavy atom. The molecule has 0 bridgehead atoms. The van der Waals surface area contributed by atoms with Crippen molar-refractivity contribution in [3.63, 3.8) is 0 Å². The number of aliphatic imine (C=N–C) groups is 1. The number of benzene rings is 1. The van der Waals surface area contributed by atoms with Gasteiger partial charge in [0, 0.05) is 32.0 Å². The molecule has 0 radical (unpaired) electrons. The molecular weight excluding hydrogens is 264 g/mol. The number of nitrogens with one attached hydrogen (secondary N) is 2. The zero-order valence-electron chi connectivity index (χ0n) is 12.3. The molecule has 0 amide bonds. The minimum atomic E-state index is 0.277. The minimum absolute atomic E-state index is 0.277. The summed E-state index contributed by atoms with van der Waals surface area (Å²) in [5.41, 5.74) is 1.07. The number of phenolic OH excluding ortho intramolecular Hbond substituents is 1. The second kappa shape index (κ2) is 7.99. The van der Waals surface area contributed by atoms with E-state index in [1.165, 1.54) is 0 Å². The number of aromatic nitrogens is 1. The van der Waals surface area contributed by atoms with E-state index >= 15 is 0 Å². The first-order valence-electron chi connectivity index (χ1n) is 7.19. The van der Waals surface area contributed by atoms with Gasteiger partial charge in [-0.3, -0.25) is 0 Å². The van der Waals surface area contributed by atoms with Crippen molar-refractivity contribution in [3.05, 3.63) is 54.4 Å². The Hall–Kier alpha value is -2.43. The first-order valence-corrected chi connectivity index (χ1v) is 7.19. The number of guanidine groups is 1. The van der Waals surface area contributed by atoms with Crippen molar-refractivity contribution >= 4 is 5.96 Å². The van der Waals surface area contributed by atoms with Crippen molar-refractivity contribution in [1.82, 2.24) is 15.2 Å². The lowest BCUT2D eigenvalue weighted by Crippen LogP contribution is -2.38. The molecule has 0 atom stereocenters. The lowest BCUT2D eigenvalue weighted by Gasteiger charge is -2.11. The first kappa shape index (κ1) is 15.0. The SMILES string of the molecule is CCNC(=NCc1ccc(O)cc1)NCCn1cccc1. The fourth-order valence-electron chi connectivity index (χ4n) is 1.94. The monoisotopic (exact) mass is 286 g/mol. The molecule has 5 nitrogen and oxygen atoms in total. The molecule has 0 fully saturated rings. The van der Waals surface area contributed by atoms with Gasteiger partial charge in [-0.2, -0.15) is 0 Å². The van der Waals surface area contributed by atoms with Gasteiger partial charge < -0.3 is 20.3 Å². The van der Waals surface area contributed by atoms with Crippen LogP contribution in [0.2, 0.25) is 0 Å². The van der Waals surface area contributed by atoms with Crippen LogP contribution in [0.25, 0.3) is 0 Å². The van der Waals surface area contributed by atoms with Gasteiger partial charge in [-0.05, 0) is 36.8 Å². The van der Waals surface area contributed by atoms with E-state index in [1.807, 2.05) is 43.6 Å². The molecule has 0 aliphatic rings. The number of nitrogens with zero attached hydrogens (tertiary/aromatic N) is 2. The van der Waals surface area contributed by atoms with Crippen LogP contribution in [0.15, 0.2) is 53.8 Å². The maximum atomic E-state index is 9.26. The Kier molecular flexibility index (Phi) is 5.70. The van der Waals surface area contributed by atoms with Gasteiger partial charge >= 0.3 is 0 Å². The smallest absolute Gasteiger partial charge is 0.191 e. The molecule has 5 heteroatoms. The summed E-state index contributed by atoms with van der Waals surface area (Å²) in [5.74, 6) is 1.08. The highest BCUT2D eigenvalue weighted by Gasteiger charge is 1.98. The number of hydrogen-bond donors (Lipinski definition) is 3. The third-order valence-electron chi connectivity index (χ3n) is 3.03. The maximum absolute atomic E-state index is 9.26. The Balaban J connectivity index is 1.84. The molecule has 1 aromatic carbocycles. The Morgan fingerprint density at radius 3 is 2.52 bits per heavy atom. The zero-order chi connectivity index (χ0) is 14.9. The zero-order valence-corrected chi connectivity index (χ0v) is 12.3. The van der Waals surface area contributed by atoms with Gasteiger partial charge in [0.25, 0.3) is 0 Å². The number of aromatic hydroxyl groups is 1. The molecule has 3 N–H and O–H groups in total. The van der Waals surface area contributed by atoms with E-state index in [-0.39, 0.29) is 5.75 Å². The van der Waals surface area contributed by atoms with E-state index in [0.29, 0.717) is 6.54 Å². The number of hydrogen-bond acceptors (Lipinski definition) is 2. The highest BCUT2D eigenvalue weighted by atomic mass is 16.3. The molecule has 112 valence electrons. The van der Waals surface area contributed by atoms with Crippen LogP contribution in [-0.2, 0) is 13.1 Å². The van der Waals surface area contributed by atoms with E-state index in [0.717, 1.165) is 31.2 Å². The molecule has 0 aliphatic heterocycles. The van der Waals surface area contributed by atoms with Crippen molar-refractivity contribution in [2.24, 2.45) is 4.99 Å². The quantitative estimate of drug-likeness (QED) is 0.562. The largest absolute Gasteiger partial charge is 0.508 e. The van der Waals surface area contributed by atoms with E-state index in [9.17, 15) is 5.11 Å². The fraction of sp³-hybridized carbons (Fsp3) is 0.312. The van der Waals surface area contributed by atoms with Gasteiger partial charge in [-0.25, -0.2) is 4.99 Å². The fourth-order valence-corrected chi connectivity index (χ4v) is 1.94. The van der Waals surface area contributed by atoms with Crippen molar-refractivity contribution in [2.45, 2.75) is 20.0 Å². The summed E-state index contributed by atoms with van der Waals surface area (Å²) in [6, 6.07) is 11.1. The van der Waals surface area contributed by atoms with Crippen LogP contribution in [0.4, 0.5) is 0 Å². The Morgan fingerprint density at radius 2 is 1.86 bits per heavy atom. The summed E-state index contributed by atoms with van der Waals surface area (Å²) in [7, 11) is 0. The molecule has 0 unspecified atom stereocenters. The second-order valence-corrected chi connectivity index (χ2v) is 4.71. The molecular formula is C16H22N4O. The van der Waals surface area contributed by atoms with Gasteiger partial charge in [0.05, 0.1) is 6.54 Å². The molecule has 2 aromatic rings. The molecule has 0 aliphatic carbocycles. The van der Waals surface area contributed by atoms with Crippen molar-refractivity contribution < 1.29 is 5.11 Å². The summed E-state index contributed by atoms with van der Waals surface area (Å²) in [6.45, 7) is 5.17. The topological polar surface area (TPSA) is 61.6 Å². The molecule has 0 saturated heterocycles. The third kappa shape index (κ3) is 5.22. The Bertz CT molecular complexity index is 546. The summed E-state index contributed by atoms with van der Waals surface area (Å²) >= 11 is 0. The maximum Gasteiger partial charge on any atom is 0.191 e. The van der Waals surface area contributed by atoms with Crippen LogP contribution in [-0.4, -0.2) is 28.7 Å². The van der Waals surface area contributed by atoms with Crippen LogP contribution in [0, 0.1) is 0 Å². The Labute approximate surface area is 125 Å². The van der Waals surface area contributed by atoms with Gasteiger partial charge in [0.2, 0.25) is 0 Å². The van der Waals surface area contributed by atoms with Crippen molar-refractivity contribution in [1.29, 1.82) is 0 Å². The van der Waals surface area contributed by atoms with E-state index in [1.54, 1.807) is 12.1 Å². The van der Waals surface area contributed by atoms with Crippen LogP contribution in [0.1, 0.15) is 12.5 Å². The average molecular weight is 286 g/mol. The van der Waals surface area contributed by atoms with Crippen LogP contribution >= 0.6 is 0 Å². The average Bonchev–Trinajstić information content (AvgIpc) is 3.00. The van der Waals surface area contributed by atoms with E-state index < -0.39 is 0 Å². The predicted octanol–water partition coefficient (Wildman–Crippen LogP) is 1.95. The molecule has 1 aromatic heterocycles. The first-order chi connectivity index (χ1) is 10.3. The van der Waals surface area contributed by atoms with E-state index in [2.05, 4.69) is 20.2 Å². The van der Waals surface area contributed by atoms with Crippen molar-refractivity contribution in [3.8, 4) is 5.75 Å². The van der Waals surface area contributed by atoms with Gasteiger partial charge in [-0.1, -0.05) is 12.1 Å².